The predicted molar refractivity (Wildman–Crippen MR) is 117 cm³/mol. The fourth-order valence-electron chi connectivity index (χ4n) is 3.82. The Hall–Kier alpha value is -4.01. The van der Waals surface area contributed by atoms with Crippen molar-refractivity contribution in [3.63, 3.8) is 0 Å². The molecule has 0 unspecified atom stereocenters. The molecule has 0 aliphatic carbocycles. The van der Waals surface area contributed by atoms with Crippen LogP contribution in [-0.4, -0.2) is 39.9 Å². The lowest BCUT2D eigenvalue weighted by molar-refractivity contribution is -0.909. The molecule has 1 amide bonds. The van der Waals surface area contributed by atoms with E-state index in [2.05, 4.69) is 10.2 Å². The van der Waals surface area contributed by atoms with E-state index in [4.69, 9.17) is 4.74 Å². The number of fused-ring (bicyclic) bond motifs is 1. The van der Waals surface area contributed by atoms with Crippen molar-refractivity contribution in [2.24, 2.45) is 0 Å². The maximum absolute atomic E-state index is 15.1. The minimum atomic E-state index is -0.880. The molecule has 2 heterocycles. The number of ether oxygens (including phenoxy) is 1. The van der Waals surface area contributed by atoms with Gasteiger partial charge in [-0.25, -0.2) is 8.78 Å². The highest BCUT2D eigenvalue weighted by Crippen LogP contribution is 2.34. The first-order valence-corrected chi connectivity index (χ1v) is 10.4. The number of H-pyrrole nitrogens is 1. The number of benzene rings is 2. The third-order valence-electron chi connectivity index (χ3n) is 5.37. The Balaban J connectivity index is 1.67. The van der Waals surface area contributed by atoms with E-state index in [-0.39, 0.29) is 23.6 Å². The summed E-state index contributed by atoms with van der Waals surface area (Å²) in [6.07, 6.45) is 2.73. The molecule has 0 radical (unpaired) electrons. The quantitative estimate of drug-likeness (QED) is 0.327. The van der Waals surface area contributed by atoms with Crippen LogP contribution in [0.1, 0.15) is 28.5 Å². The summed E-state index contributed by atoms with van der Waals surface area (Å²) in [4.78, 5) is 14.5. The second-order valence-corrected chi connectivity index (χ2v) is 7.53. The monoisotopic (exact) mass is 453 g/mol. The third-order valence-corrected chi connectivity index (χ3v) is 5.37. The van der Waals surface area contributed by atoms with Crippen LogP contribution in [0.15, 0.2) is 54.9 Å². The summed E-state index contributed by atoms with van der Waals surface area (Å²) in [5.74, 6) is -0.738. The number of carbonyl (C=O) groups is 1. The van der Waals surface area contributed by atoms with Crippen molar-refractivity contribution < 1.29 is 28.2 Å². The average molecular weight is 453 g/mol. The first-order chi connectivity index (χ1) is 15.9. The van der Waals surface area contributed by atoms with Crippen molar-refractivity contribution in [2.75, 3.05) is 13.7 Å². The molecule has 0 bridgehead atoms. The standard InChI is InChI=1S/C24H22F2N4O3/c1-3-33-21-10-16(9-19(26)22(21)15-7-5-4-6-8-15)24(31)29(2)13-17-14-30(32)20(11-25)18-12-27-28-23(17)18/h4-10,12,14,32H,3,11,13H2,1-2H3/p+1. The van der Waals surface area contributed by atoms with Crippen molar-refractivity contribution in [3.05, 3.63) is 77.5 Å². The van der Waals surface area contributed by atoms with Crippen LogP contribution in [0.3, 0.4) is 0 Å². The van der Waals surface area contributed by atoms with Crippen LogP contribution in [0.5, 0.6) is 5.75 Å². The summed E-state index contributed by atoms with van der Waals surface area (Å²) in [7, 11) is 1.55. The number of rotatable bonds is 7. The number of nitrogens with zero attached hydrogens (tertiary/aromatic N) is 3. The van der Waals surface area contributed by atoms with Gasteiger partial charge in [0.15, 0.2) is 6.67 Å². The van der Waals surface area contributed by atoms with Gasteiger partial charge in [0.2, 0.25) is 6.20 Å². The maximum Gasteiger partial charge on any atom is 0.275 e. The highest BCUT2D eigenvalue weighted by Gasteiger charge is 2.24. The topological polar surface area (TPSA) is 82.3 Å². The number of aromatic nitrogens is 3. The Labute approximate surface area is 188 Å². The number of pyridine rings is 1. The fraction of sp³-hybridized carbons (Fsp3) is 0.208. The van der Waals surface area contributed by atoms with Crippen molar-refractivity contribution in [1.29, 1.82) is 0 Å². The van der Waals surface area contributed by atoms with E-state index < -0.39 is 18.4 Å². The minimum Gasteiger partial charge on any atom is -0.493 e. The number of hydrogen-bond donors (Lipinski definition) is 2. The Morgan fingerprint density at radius 2 is 2.03 bits per heavy atom. The Bertz CT molecular complexity index is 1310. The number of halogens is 2. The summed E-state index contributed by atoms with van der Waals surface area (Å²) in [5, 5.41) is 17.2. The largest absolute Gasteiger partial charge is 0.493 e. The van der Waals surface area contributed by atoms with E-state index >= 15 is 4.39 Å². The molecule has 33 heavy (non-hydrogen) atoms. The molecule has 0 atom stereocenters. The molecule has 2 N–H and O–H groups in total. The zero-order valence-corrected chi connectivity index (χ0v) is 18.2. The highest BCUT2D eigenvalue weighted by atomic mass is 19.1. The molecule has 0 aliphatic heterocycles. The molecule has 4 rings (SSSR count). The SMILES string of the molecule is CCOc1cc(C(=O)N(C)Cc2c[n+](O)c(CF)c3cn[nH]c23)cc(F)c1-c1ccccc1. The Morgan fingerprint density at radius 1 is 1.27 bits per heavy atom. The van der Waals surface area contributed by atoms with E-state index in [1.165, 1.54) is 29.4 Å². The predicted octanol–water partition coefficient (Wildman–Crippen LogP) is 4.03. The van der Waals surface area contributed by atoms with Gasteiger partial charge in [-0.3, -0.25) is 15.1 Å². The van der Waals surface area contributed by atoms with Crippen molar-refractivity contribution in [3.8, 4) is 16.9 Å². The smallest absolute Gasteiger partial charge is 0.275 e. The average Bonchev–Trinajstić information content (AvgIpc) is 3.29. The lowest BCUT2D eigenvalue weighted by Gasteiger charge is -2.19. The number of nitrogens with one attached hydrogen (secondary N) is 1. The molecule has 170 valence electrons. The van der Waals surface area contributed by atoms with Crippen molar-refractivity contribution in [1.82, 2.24) is 15.1 Å². The van der Waals surface area contributed by atoms with E-state index in [9.17, 15) is 14.4 Å². The molecule has 0 saturated carbocycles. The van der Waals surface area contributed by atoms with Gasteiger partial charge in [0, 0.05) is 17.3 Å². The van der Waals surface area contributed by atoms with Gasteiger partial charge in [-0.1, -0.05) is 30.3 Å². The van der Waals surface area contributed by atoms with Gasteiger partial charge in [0.05, 0.1) is 41.4 Å². The molecule has 0 spiro atoms. The Kier molecular flexibility index (Phi) is 6.21. The van der Waals surface area contributed by atoms with Gasteiger partial charge in [-0.05, 0) is 24.6 Å². The number of carbonyl (C=O) groups excluding carboxylic acids is 1. The maximum atomic E-state index is 15.1. The molecule has 0 saturated heterocycles. The molecule has 4 aromatic rings. The van der Waals surface area contributed by atoms with E-state index in [1.54, 1.807) is 38.2 Å². The Morgan fingerprint density at radius 3 is 2.73 bits per heavy atom. The van der Waals surface area contributed by atoms with Gasteiger partial charge in [0.1, 0.15) is 11.6 Å². The van der Waals surface area contributed by atoms with Crippen LogP contribution < -0.4 is 9.47 Å². The number of alkyl halides is 1. The van der Waals surface area contributed by atoms with Gasteiger partial charge in [-0.2, -0.15) is 5.10 Å². The van der Waals surface area contributed by atoms with E-state index in [0.29, 0.717) is 38.9 Å². The lowest BCUT2D eigenvalue weighted by atomic mass is 10.0. The zero-order valence-electron chi connectivity index (χ0n) is 18.2. The second kappa shape index (κ2) is 9.23. The third kappa shape index (κ3) is 4.21. The van der Waals surface area contributed by atoms with E-state index in [1.807, 2.05) is 6.07 Å². The minimum absolute atomic E-state index is 0.0522. The highest BCUT2D eigenvalue weighted by molar-refractivity contribution is 5.96. The molecule has 2 aromatic carbocycles. The first-order valence-electron chi connectivity index (χ1n) is 10.4. The molecular formula is C24H23F2N4O3+. The van der Waals surface area contributed by atoms with Gasteiger partial charge < -0.3 is 9.64 Å². The first kappa shape index (κ1) is 22.2. The molecule has 7 nitrogen and oxygen atoms in total. The molecule has 0 fully saturated rings. The fourth-order valence-corrected chi connectivity index (χ4v) is 3.82. The summed E-state index contributed by atoms with van der Waals surface area (Å²) in [6.45, 7) is 1.28. The summed E-state index contributed by atoms with van der Waals surface area (Å²) >= 11 is 0. The van der Waals surface area contributed by atoms with Gasteiger partial charge in [0.25, 0.3) is 11.6 Å². The van der Waals surface area contributed by atoms with Crippen LogP contribution in [0.2, 0.25) is 0 Å². The normalized spacial score (nSPS) is 11.0. The summed E-state index contributed by atoms with van der Waals surface area (Å²) in [6, 6.07) is 11.7. The molecule has 2 aromatic heterocycles. The molecular weight excluding hydrogens is 430 g/mol. The van der Waals surface area contributed by atoms with Crippen molar-refractivity contribution in [2.45, 2.75) is 20.1 Å². The van der Waals surface area contributed by atoms with Crippen LogP contribution >= 0.6 is 0 Å². The second-order valence-electron chi connectivity index (χ2n) is 7.53. The van der Waals surface area contributed by atoms with Crippen LogP contribution in [0.25, 0.3) is 22.0 Å². The number of amides is 1. The van der Waals surface area contributed by atoms with E-state index in [0.717, 1.165) is 0 Å². The van der Waals surface area contributed by atoms with Crippen molar-refractivity contribution >= 4 is 16.8 Å². The number of hydrogen-bond acceptors (Lipinski definition) is 4. The zero-order chi connectivity index (χ0) is 23.5. The molecule has 0 aliphatic rings. The summed E-state index contributed by atoms with van der Waals surface area (Å²) in [5.41, 5.74) is 2.14. The van der Waals surface area contributed by atoms with Gasteiger partial charge in [-0.15, -0.1) is 0 Å². The summed E-state index contributed by atoms with van der Waals surface area (Å²) < 4.78 is 34.8. The van der Waals surface area contributed by atoms with Crippen LogP contribution in [-0.2, 0) is 13.2 Å². The van der Waals surface area contributed by atoms with Crippen LogP contribution in [0.4, 0.5) is 8.78 Å². The van der Waals surface area contributed by atoms with Crippen LogP contribution in [0, 0.1) is 5.82 Å². The lowest BCUT2D eigenvalue weighted by Crippen LogP contribution is -2.36. The van der Waals surface area contributed by atoms with Gasteiger partial charge >= 0.3 is 0 Å². The molecule has 9 heteroatoms. The number of aromatic amines is 1.